The van der Waals surface area contributed by atoms with Gasteiger partial charge in [-0.1, -0.05) is 43.1 Å². The molecule has 0 aliphatic heterocycles. The van der Waals surface area contributed by atoms with Crippen LogP contribution in [0.3, 0.4) is 0 Å². The first-order valence-electron chi connectivity index (χ1n) is 8.97. The topological polar surface area (TPSA) is 90.8 Å². The Morgan fingerprint density at radius 3 is 2.73 bits per heavy atom. The van der Waals surface area contributed by atoms with E-state index in [1.165, 1.54) is 24.5 Å². The van der Waals surface area contributed by atoms with Gasteiger partial charge >= 0.3 is 0 Å². The molecule has 1 amide bonds. The average Bonchev–Trinajstić information content (AvgIpc) is 3.16. The van der Waals surface area contributed by atoms with Crippen LogP contribution in [0.4, 0.5) is 4.39 Å². The van der Waals surface area contributed by atoms with Gasteiger partial charge < -0.3 is 15.0 Å². The highest BCUT2D eigenvalue weighted by Gasteiger charge is 2.18. The summed E-state index contributed by atoms with van der Waals surface area (Å²) >= 11 is 12.0. The number of halogens is 3. The SMILES string of the molecule is CC(C)c1cc(C#N)cc(Oc2c(Cl)ccc(CNC(=O)c3[nH]cnc3Cl)c2F)c1. The number of ether oxygens (including phenoxy) is 1. The van der Waals surface area contributed by atoms with Gasteiger partial charge in [0.2, 0.25) is 0 Å². The van der Waals surface area contributed by atoms with Crippen molar-refractivity contribution in [1.29, 1.82) is 5.26 Å². The van der Waals surface area contributed by atoms with Gasteiger partial charge in [0, 0.05) is 12.1 Å². The molecule has 0 aliphatic rings. The van der Waals surface area contributed by atoms with Crippen LogP contribution in [0.1, 0.15) is 46.9 Å². The smallest absolute Gasteiger partial charge is 0.271 e. The van der Waals surface area contributed by atoms with E-state index in [2.05, 4.69) is 21.4 Å². The van der Waals surface area contributed by atoms with Crippen molar-refractivity contribution in [3.63, 3.8) is 0 Å². The van der Waals surface area contributed by atoms with Crippen LogP contribution in [0.15, 0.2) is 36.7 Å². The molecule has 0 saturated carbocycles. The Labute approximate surface area is 182 Å². The zero-order chi connectivity index (χ0) is 21.8. The molecule has 0 radical (unpaired) electrons. The summed E-state index contributed by atoms with van der Waals surface area (Å²) in [5.41, 5.74) is 1.52. The van der Waals surface area contributed by atoms with Crippen LogP contribution in [0.5, 0.6) is 11.5 Å². The van der Waals surface area contributed by atoms with E-state index in [0.717, 1.165) is 5.56 Å². The molecule has 0 atom stereocenters. The van der Waals surface area contributed by atoms with E-state index < -0.39 is 11.7 Å². The number of hydrogen-bond acceptors (Lipinski definition) is 4. The molecule has 2 N–H and O–H groups in total. The standard InChI is InChI=1S/C21H17Cl2FN4O2/c1-11(2)14-5-12(8-25)6-15(7-14)30-19-16(22)4-3-13(17(19)24)9-26-21(29)18-20(23)28-10-27-18/h3-7,10-11H,9H2,1-2H3,(H,26,29)(H,27,28). The van der Waals surface area contributed by atoms with Gasteiger partial charge in [-0.15, -0.1) is 0 Å². The largest absolute Gasteiger partial charge is 0.453 e. The molecule has 0 bridgehead atoms. The Kier molecular flexibility index (Phi) is 6.60. The number of nitrogens with one attached hydrogen (secondary N) is 2. The van der Waals surface area contributed by atoms with E-state index in [0.29, 0.717) is 11.3 Å². The van der Waals surface area contributed by atoms with Gasteiger partial charge in [0.15, 0.2) is 16.7 Å². The van der Waals surface area contributed by atoms with E-state index >= 15 is 4.39 Å². The fraction of sp³-hybridized carbons (Fsp3) is 0.190. The maximum atomic E-state index is 15.1. The summed E-state index contributed by atoms with van der Waals surface area (Å²) in [7, 11) is 0. The van der Waals surface area contributed by atoms with Crippen molar-refractivity contribution in [2.75, 3.05) is 0 Å². The summed E-state index contributed by atoms with van der Waals surface area (Å²) in [4.78, 5) is 18.5. The third-order valence-electron chi connectivity index (χ3n) is 4.33. The van der Waals surface area contributed by atoms with Crippen LogP contribution in [0.25, 0.3) is 0 Å². The average molecular weight is 447 g/mol. The second-order valence-corrected chi connectivity index (χ2v) is 7.53. The zero-order valence-corrected chi connectivity index (χ0v) is 17.6. The highest BCUT2D eigenvalue weighted by molar-refractivity contribution is 6.32. The first-order valence-corrected chi connectivity index (χ1v) is 9.72. The van der Waals surface area contributed by atoms with Crippen molar-refractivity contribution in [1.82, 2.24) is 15.3 Å². The second kappa shape index (κ2) is 9.16. The number of aromatic amines is 1. The summed E-state index contributed by atoms with van der Waals surface area (Å²) in [5, 5.41) is 11.9. The van der Waals surface area contributed by atoms with E-state index in [9.17, 15) is 10.1 Å². The third kappa shape index (κ3) is 4.73. The van der Waals surface area contributed by atoms with Gasteiger partial charge in [0.05, 0.1) is 23.0 Å². The van der Waals surface area contributed by atoms with Gasteiger partial charge in [-0.2, -0.15) is 5.26 Å². The molecule has 3 rings (SSSR count). The molecule has 6 nitrogen and oxygen atoms in total. The molecule has 9 heteroatoms. The van der Waals surface area contributed by atoms with E-state index in [1.54, 1.807) is 12.1 Å². The summed E-state index contributed by atoms with van der Waals surface area (Å²) in [6, 6.07) is 9.98. The lowest BCUT2D eigenvalue weighted by Crippen LogP contribution is -2.24. The van der Waals surface area contributed by atoms with Gasteiger partial charge in [-0.05, 0) is 35.7 Å². The lowest BCUT2D eigenvalue weighted by atomic mass is 10.0. The molecule has 1 aromatic heterocycles. The number of carbonyl (C=O) groups is 1. The van der Waals surface area contributed by atoms with Crippen LogP contribution in [0.2, 0.25) is 10.2 Å². The van der Waals surface area contributed by atoms with E-state index in [-0.39, 0.29) is 39.6 Å². The molecule has 0 fully saturated rings. The Bertz CT molecular complexity index is 1140. The second-order valence-electron chi connectivity index (χ2n) is 6.76. The van der Waals surface area contributed by atoms with Crippen LogP contribution in [0, 0.1) is 17.1 Å². The molecular formula is C21H17Cl2FN4O2. The predicted molar refractivity (Wildman–Crippen MR) is 111 cm³/mol. The molecule has 1 heterocycles. The highest BCUT2D eigenvalue weighted by Crippen LogP contribution is 2.35. The lowest BCUT2D eigenvalue weighted by Gasteiger charge is -2.14. The van der Waals surface area contributed by atoms with Gasteiger partial charge in [0.1, 0.15) is 11.4 Å². The Balaban J connectivity index is 1.85. The number of imidazole rings is 1. The minimum absolute atomic E-state index is 0.0198. The van der Waals surface area contributed by atoms with Gasteiger partial charge in [0.25, 0.3) is 5.91 Å². The van der Waals surface area contributed by atoms with Crippen molar-refractivity contribution in [3.8, 4) is 17.6 Å². The van der Waals surface area contributed by atoms with E-state index in [4.69, 9.17) is 27.9 Å². The van der Waals surface area contributed by atoms with Crippen molar-refractivity contribution in [2.24, 2.45) is 0 Å². The molecule has 30 heavy (non-hydrogen) atoms. The minimum atomic E-state index is -0.716. The zero-order valence-electron chi connectivity index (χ0n) is 16.1. The quantitative estimate of drug-likeness (QED) is 0.517. The predicted octanol–water partition coefficient (Wildman–Crippen LogP) is 5.57. The maximum Gasteiger partial charge on any atom is 0.271 e. The number of carbonyl (C=O) groups excluding carboxylic acids is 1. The lowest BCUT2D eigenvalue weighted by molar-refractivity contribution is 0.0946. The summed E-state index contributed by atoms with van der Waals surface area (Å²) < 4.78 is 20.8. The number of amides is 1. The van der Waals surface area contributed by atoms with Crippen LogP contribution < -0.4 is 10.1 Å². The molecule has 0 unspecified atom stereocenters. The Hall–Kier alpha value is -3.08. The molecule has 0 spiro atoms. The summed E-state index contributed by atoms with van der Waals surface area (Å²) in [6.45, 7) is 3.83. The van der Waals surface area contributed by atoms with Crippen molar-refractivity contribution in [2.45, 2.75) is 26.3 Å². The number of nitriles is 1. The van der Waals surface area contributed by atoms with Crippen molar-refractivity contribution < 1.29 is 13.9 Å². The minimum Gasteiger partial charge on any atom is -0.453 e. The number of hydrogen-bond donors (Lipinski definition) is 2. The van der Waals surface area contributed by atoms with E-state index in [1.807, 2.05) is 13.8 Å². The molecule has 0 aliphatic carbocycles. The molecule has 0 saturated heterocycles. The molecule has 3 aromatic rings. The number of H-pyrrole nitrogens is 1. The summed E-state index contributed by atoms with van der Waals surface area (Å²) in [5.74, 6) is -0.988. The normalized spacial score (nSPS) is 10.7. The molecule has 2 aromatic carbocycles. The highest BCUT2D eigenvalue weighted by atomic mass is 35.5. The molecular weight excluding hydrogens is 430 g/mol. The monoisotopic (exact) mass is 446 g/mol. The maximum absolute atomic E-state index is 15.1. The number of nitrogens with zero attached hydrogens (tertiary/aromatic N) is 2. The first-order chi connectivity index (χ1) is 14.3. The first kappa shape index (κ1) is 21.6. The Morgan fingerprint density at radius 2 is 2.10 bits per heavy atom. The van der Waals surface area contributed by atoms with Crippen molar-refractivity contribution >= 4 is 29.1 Å². The van der Waals surface area contributed by atoms with Crippen LogP contribution in [-0.2, 0) is 6.54 Å². The van der Waals surface area contributed by atoms with Gasteiger partial charge in [-0.3, -0.25) is 4.79 Å². The number of rotatable bonds is 6. The van der Waals surface area contributed by atoms with Crippen molar-refractivity contribution in [3.05, 3.63) is 75.0 Å². The summed E-state index contributed by atoms with van der Waals surface area (Å²) in [6.07, 6.45) is 1.28. The fourth-order valence-corrected chi connectivity index (χ4v) is 3.07. The number of benzene rings is 2. The fourth-order valence-electron chi connectivity index (χ4n) is 2.70. The van der Waals surface area contributed by atoms with Crippen LogP contribution in [-0.4, -0.2) is 15.9 Å². The Morgan fingerprint density at radius 1 is 1.33 bits per heavy atom. The number of aromatic nitrogens is 2. The molecule has 154 valence electrons. The van der Waals surface area contributed by atoms with Crippen LogP contribution >= 0.6 is 23.2 Å². The third-order valence-corrected chi connectivity index (χ3v) is 4.92. The van der Waals surface area contributed by atoms with Gasteiger partial charge in [-0.25, -0.2) is 9.37 Å².